The Morgan fingerprint density at radius 1 is 0.842 bits per heavy atom. The second-order valence-electron chi connectivity index (χ2n) is 4.50. The van der Waals surface area contributed by atoms with Gasteiger partial charge in [0, 0.05) is 13.3 Å². The number of fused-ring (bicyclic) bond motifs is 2. The molecule has 1 nitrogen and oxygen atoms in total. The molecule has 0 N–H and O–H groups in total. The lowest BCUT2D eigenvalue weighted by Gasteiger charge is -2.07. The quantitative estimate of drug-likeness (QED) is 0.458. The molecule has 0 heterocycles. The maximum absolute atomic E-state index is 4.00. The van der Waals surface area contributed by atoms with Crippen molar-refractivity contribution in [3.8, 4) is 0 Å². The fourth-order valence-electron chi connectivity index (χ4n) is 2.45. The second kappa shape index (κ2) is 5.07. The second-order valence-corrected chi connectivity index (χ2v) is 4.50. The van der Waals surface area contributed by atoms with Gasteiger partial charge in [0.1, 0.15) is 0 Å². The van der Waals surface area contributed by atoms with E-state index in [-0.39, 0.29) is 0 Å². The van der Waals surface area contributed by atoms with Gasteiger partial charge in [0.15, 0.2) is 0 Å². The Bertz CT molecular complexity index is 728. The molecule has 0 saturated carbocycles. The summed E-state index contributed by atoms with van der Waals surface area (Å²) in [5.41, 5.74) is 1.26. The highest BCUT2D eigenvalue weighted by molar-refractivity contribution is 6.07. The van der Waals surface area contributed by atoms with Crippen molar-refractivity contribution in [2.75, 3.05) is 7.05 Å². The van der Waals surface area contributed by atoms with E-state index in [1.165, 1.54) is 27.1 Å². The number of hydrogen-bond acceptors (Lipinski definition) is 1. The molecular formula is C18H15N. The fourth-order valence-corrected chi connectivity index (χ4v) is 2.45. The topological polar surface area (TPSA) is 12.4 Å². The molecule has 0 unspecified atom stereocenters. The highest BCUT2D eigenvalue weighted by Crippen LogP contribution is 2.29. The number of rotatable bonds is 2. The molecule has 0 amide bonds. The maximum Gasteiger partial charge on any atom is 0.0277 e. The Kier molecular flexibility index (Phi) is 3.11. The summed E-state index contributed by atoms with van der Waals surface area (Å²) in [7, 11) is 1.78. The number of allylic oxidation sites excluding steroid dienone is 1. The lowest BCUT2D eigenvalue weighted by Crippen LogP contribution is -1.83. The summed E-state index contributed by atoms with van der Waals surface area (Å²) in [6.07, 6.45) is 5.95. The van der Waals surface area contributed by atoms with E-state index in [9.17, 15) is 0 Å². The Morgan fingerprint density at radius 3 is 2.00 bits per heavy atom. The molecule has 0 aromatic heterocycles. The SMILES string of the molecule is CN=C/C=C/c1c2ccccc2cc2ccccc12. The number of hydrogen-bond donors (Lipinski definition) is 0. The van der Waals surface area contributed by atoms with Crippen LogP contribution in [0.5, 0.6) is 0 Å². The first-order chi connectivity index (χ1) is 9.40. The minimum atomic E-state index is 1.26. The molecule has 1 heteroatoms. The van der Waals surface area contributed by atoms with Gasteiger partial charge >= 0.3 is 0 Å². The summed E-state index contributed by atoms with van der Waals surface area (Å²) in [4.78, 5) is 4.00. The summed E-state index contributed by atoms with van der Waals surface area (Å²) in [5.74, 6) is 0. The highest BCUT2D eigenvalue weighted by Gasteiger charge is 2.03. The molecule has 0 fully saturated rings. The third-order valence-electron chi connectivity index (χ3n) is 3.31. The van der Waals surface area contributed by atoms with Crippen molar-refractivity contribution in [3.05, 3.63) is 66.2 Å². The lowest BCUT2D eigenvalue weighted by molar-refractivity contribution is 1.48. The van der Waals surface area contributed by atoms with Crippen molar-refractivity contribution >= 4 is 33.8 Å². The molecule has 92 valence electrons. The van der Waals surface area contributed by atoms with Crippen molar-refractivity contribution in [1.82, 2.24) is 0 Å². The van der Waals surface area contributed by atoms with Crippen molar-refractivity contribution in [2.24, 2.45) is 4.99 Å². The summed E-state index contributed by atoms with van der Waals surface area (Å²) in [6, 6.07) is 19.2. The summed E-state index contributed by atoms with van der Waals surface area (Å²) in [6.45, 7) is 0. The molecule has 0 radical (unpaired) electrons. The first kappa shape index (κ1) is 11.7. The molecule has 0 atom stereocenters. The summed E-state index contributed by atoms with van der Waals surface area (Å²) < 4.78 is 0. The zero-order chi connectivity index (χ0) is 13.1. The predicted molar refractivity (Wildman–Crippen MR) is 84.9 cm³/mol. The number of aliphatic imine (C=N–C) groups is 1. The van der Waals surface area contributed by atoms with E-state index in [1.807, 2.05) is 12.3 Å². The molecule has 0 spiro atoms. The third-order valence-corrected chi connectivity index (χ3v) is 3.31. The first-order valence-electron chi connectivity index (χ1n) is 6.39. The molecule has 3 rings (SSSR count). The Hall–Kier alpha value is -2.41. The van der Waals surface area contributed by atoms with E-state index < -0.39 is 0 Å². The van der Waals surface area contributed by atoms with Gasteiger partial charge in [-0.25, -0.2) is 0 Å². The van der Waals surface area contributed by atoms with Crippen LogP contribution < -0.4 is 0 Å². The first-order valence-corrected chi connectivity index (χ1v) is 6.39. The van der Waals surface area contributed by atoms with Gasteiger partial charge in [0.25, 0.3) is 0 Å². The van der Waals surface area contributed by atoms with Crippen LogP contribution in [0.15, 0.2) is 65.7 Å². The van der Waals surface area contributed by atoms with Gasteiger partial charge in [-0.2, -0.15) is 0 Å². The molecule has 0 saturated heterocycles. The van der Waals surface area contributed by atoms with Crippen LogP contribution in [0.2, 0.25) is 0 Å². The van der Waals surface area contributed by atoms with E-state index in [2.05, 4.69) is 65.7 Å². The molecule has 0 aliphatic heterocycles. The van der Waals surface area contributed by atoms with Gasteiger partial charge in [-0.3, -0.25) is 4.99 Å². The molecule has 0 aliphatic carbocycles. The van der Waals surface area contributed by atoms with Gasteiger partial charge in [-0.05, 0) is 39.3 Å². The highest BCUT2D eigenvalue weighted by atomic mass is 14.6. The molecular weight excluding hydrogens is 230 g/mol. The van der Waals surface area contributed by atoms with Gasteiger partial charge in [-0.1, -0.05) is 54.6 Å². The van der Waals surface area contributed by atoms with E-state index >= 15 is 0 Å². The van der Waals surface area contributed by atoms with Gasteiger partial charge in [0.05, 0.1) is 0 Å². The maximum atomic E-state index is 4.00. The van der Waals surface area contributed by atoms with Crippen molar-refractivity contribution in [1.29, 1.82) is 0 Å². The summed E-state index contributed by atoms with van der Waals surface area (Å²) in [5, 5.41) is 5.10. The van der Waals surface area contributed by atoms with E-state index in [0.29, 0.717) is 0 Å². The van der Waals surface area contributed by atoms with Crippen LogP contribution in [-0.4, -0.2) is 13.3 Å². The van der Waals surface area contributed by atoms with Crippen LogP contribution in [0, 0.1) is 0 Å². The van der Waals surface area contributed by atoms with Crippen molar-refractivity contribution < 1.29 is 0 Å². The fraction of sp³-hybridized carbons (Fsp3) is 0.0556. The monoisotopic (exact) mass is 245 g/mol. The zero-order valence-electron chi connectivity index (χ0n) is 10.9. The normalized spacial score (nSPS) is 12.1. The average Bonchev–Trinajstić information content (AvgIpc) is 2.46. The van der Waals surface area contributed by atoms with Crippen LogP contribution in [-0.2, 0) is 0 Å². The van der Waals surface area contributed by atoms with Gasteiger partial charge in [0.2, 0.25) is 0 Å². The predicted octanol–water partition coefficient (Wildman–Crippen LogP) is 4.71. The zero-order valence-corrected chi connectivity index (χ0v) is 10.9. The van der Waals surface area contributed by atoms with Gasteiger partial charge in [-0.15, -0.1) is 0 Å². The van der Waals surface area contributed by atoms with Crippen molar-refractivity contribution in [3.63, 3.8) is 0 Å². The number of nitrogens with zero attached hydrogens (tertiary/aromatic N) is 1. The van der Waals surface area contributed by atoms with E-state index in [4.69, 9.17) is 0 Å². The van der Waals surface area contributed by atoms with Crippen LogP contribution in [0.4, 0.5) is 0 Å². The summed E-state index contributed by atoms with van der Waals surface area (Å²) >= 11 is 0. The third kappa shape index (κ3) is 2.15. The Balaban J connectivity index is 2.39. The van der Waals surface area contributed by atoms with Crippen LogP contribution in [0.1, 0.15) is 5.56 Å². The largest absolute Gasteiger partial charge is 0.297 e. The minimum absolute atomic E-state index is 1.26. The molecule has 0 aliphatic rings. The van der Waals surface area contributed by atoms with E-state index in [1.54, 1.807) is 7.05 Å². The van der Waals surface area contributed by atoms with Crippen LogP contribution in [0.3, 0.4) is 0 Å². The Labute approximate surface area is 112 Å². The smallest absolute Gasteiger partial charge is 0.0277 e. The number of benzene rings is 3. The van der Waals surface area contributed by atoms with Crippen LogP contribution >= 0.6 is 0 Å². The minimum Gasteiger partial charge on any atom is -0.297 e. The van der Waals surface area contributed by atoms with Crippen molar-refractivity contribution in [2.45, 2.75) is 0 Å². The lowest BCUT2D eigenvalue weighted by atomic mass is 9.96. The average molecular weight is 245 g/mol. The molecule has 19 heavy (non-hydrogen) atoms. The standard InChI is InChI=1S/C18H15N/c1-19-12-6-11-18-16-9-4-2-7-14(16)13-15-8-3-5-10-17(15)18/h2-13H,1H3/b11-6+,19-12?. The van der Waals surface area contributed by atoms with Crippen LogP contribution in [0.25, 0.3) is 27.6 Å². The van der Waals surface area contributed by atoms with Gasteiger partial charge < -0.3 is 0 Å². The molecule has 3 aromatic carbocycles. The molecule has 3 aromatic rings. The molecule has 0 bridgehead atoms. The van der Waals surface area contributed by atoms with E-state index in [0.717, 1.165) is 0 Å². The Morgan fingerprint density at radius 2 is 1.42 bits per heavy atom.